The smallest absolute Gasteiger partial charge is 0.222 e. The molecule has 0 radical (unpaired) electrons. The van der Waals surface area contributed by atoms with E-state index in [-0.39, 0.29) is 11.8 Å². The second-order valence-corrected chi connectivity index (χ2v) is 6.32. The molecule has 1 aromatic rings. The topological polar surface area (TPSA) is 50.4 Å². The quantitative estimate of drug-likeness (QED) is 0.751. The van der Waals surface area contributed by atoms with Crippen LogP contribution in [-0.2, 0) is 11.3 Å². The Morgan fingerprint density at radius 3 is 2.74 bits per heavy atom. The zero-order valence-corrected chi connectivity index (χ0v) is 14.4. The van der Waals surface area contributed by atoms with Crippen molar-refractivity contribution in [3.8, 4) is 5.75 Å². The van der Waals surface area contributed by atoms with Crippen LogP contribution < -0.4 is 15.4 Å². The number of hydrogen-bond donors (Lipinski definition) is 2. The summed E-state index contributed by atoms with van der Waals surface area (Å²) in [4.78, 5) is 11.6. The lowest BCUT2D eigenvalue weighted by Gasteiger charge is -2.28. The SMILES string of the molecule is C=CCOc1ccc(CNC2CCC(C(=O)NC)CC2)cc1Cl. The van der Waals surface area contributed by atoms with Crippen molar-refractivity contribution >= 4 is 17.5 Å². The summed E-state index contributed by atoms with van der Waals surface area (Å²) in [5, 5.41) is 6.92. The Balaban J connectivity index is 1.79. The van der Waals surface area contributed by atoms with E-state index < -0.39 is 0 Å². The van der Waals surface area contributed by atoms with Gasteiger partial charge in [0.2, 0.25) is 5.91 Å². The van der Waals surface area contributed by atoms with Crippen LogP contribution in [0.1, 0.15) is 31.2 Å². The summed E-state index contributed by atoms with van der Waals surface area (Å²) in [6, 6.07) is 6.31. The summed E-state index contributed by atoms with van der Waals surface area (Å²) in [5.74, 6) is 1.03. The van der Waals surface area contributed by atoms with E-state index in [9.17, 15) is 4.79 Å². The number of carbonyl (C=O) groups excluding carboxylic acids is 1. The molecule has 4 nitrogen and oxygen atoms in total. The number of halogens is 1. The lowest BCUT2D eigenvalue weighted by Crippen LogP contribution is -2.37. The Hall–Kier alpha value is -1.52. The maximum absolute atomic E-state index is 11.6. The van der Waals surface area contributed by atoms with E-state index in [0.29, 0.717) is 23.4 Å². The third-order valence-electron chi connectivity index (χ3n) is 4.29. The molecule has 2 N–H and O–H groups in total. The van der Waals surface area contributed by atoms with Crippen LogP contribution in [-0.4, -0.2) is 25.6 Å². The number of ether oxygens (including phenoxy) is 1. The number of rotatable bonds is 7. The van der Waals surface area contributed by atoms with Gasteiger partial charge in [-0.15, -0.1) is 0 Å². The fourth-order valence-electron chi connectivity index (χ4n) is 2.95. The van der Waals surface area contributed by atoms with Crippen LogP contribution in [0.3, 0.4) is 0 Å². The molecular weight excluding hydrogens is 312 g/mol. The van der Waals surface area contributed by atoms with Gasteiger partial charge in [0.1, 0.15) is 12.4 Å². The molecule has 0 spiro atoms. The molecule has 0 heterocycles. The molecule has 1 aliphatic carbocycles. The second-order valence-electron chi connectivity index (χ2n) is 5.91. The van der Waals surface area contributed by atoms with Crippen LogP contribution in [0.2, 0.25) is 5.02 Å². The standard InChI is InChI=1S/C18H25ClN2O2/c1-3-10-23-17-9-4-13(11-16(17)19)12-21-15-7-5-14(6-8-15)18(22)20-2/h3-4,9,11,14-15,21H,1,5-8,10,12H2,2H3,(H,20,22). The highest BCUT2D eigenvalue weighted by Gasteiger charge is 2.25. The van der Waals surface area contributed by atoms with E-state index in [1.807, 2.05) is 18.2 Å². The number of benzene rings is 1. The predicted molar refractivity (Wildman–Crippen MR) is 93.8 cm³/mol. The van der Waals surface area contributed by atoms with E-state index in [1.165, 1.54) is 0 Å². The van der Waals surface area contributed by atoms with Crippen LogP contribution in [0, 0.1) is 5.92 Å². The molecule has 5 heteroatoms. The first-order valence-electron chi connectivity index (χ1n) is 8.11. The Bertz CT molecular complexity index is 540. The first kappa shape index (κ1) is 17.8. The van der Waals surface area contributed by atoms with Crippen molar-refractivity contribution in [1.29, 1.82) is 0 Å². The minimum atomic E-state index is 0.172. The minimum absolute atomic E-state index is 0.172. The lowest BCUT2D eigenvalue weighted by molar-refractivity contribution is -0.125. The van der Waals surface area contributed by atoms with E-state index in [1.54, 1.807) is 13.1 Å². The van der Waals surface area contributed by atoms with Gasteiger partial charge in [0, 0.05) is 25.6 Å². The van der Waals surface area contributed by atoms with Crippen molar-refractivity contribution in [2.45, 2.75) is 38.3 Å². The average Bonchev–Trinajstić information content (AvgIpc) is 2.59. The molecule has 23 heavy (non-hydrogen) atoms. The van der Waals surface area contributed by atoms with Crippen LogP contribution in [0.15, 0.2) is 30.9 Å². The number of nitrogens with one attached hydrogen (secondary N) is 2. The summed E-state index contributed by atoms with van der Waals surface area (Å²) in [6.07, 6.45) is 5.67. The Morgan fingerprint density at radius 2 is 2.13 bits per heavy atom. The molecule has 0 saturated heterocycles. The maximum atomic E-state index is 11.6. The number of hydrogen-bond acceptors (Lipinski definition) is 3. The highest BCUT2D eigenvalue weighted by molar-refractivity contribution is 6.32. The molecule has 1 fully saturated rings. The molecule has 0 bridgehead atoms. The van der Waals surface area contributed by atoms with Crippen LogP contribution in [0.4, 0.5) is 0 Å². The molecule has 2 rings (SSSR count). The van der Waals surface area contributed by atoms with E-state index >= 15 is 0 Å². The first-order chi connectivity index (χ1) is 11.1. The largest absolute Gasteiger partial charge is 0.488 e. The zero-order chi connectivity index (χ0) is 16.7. The highest BCUT2D eigenvalue weighted by Crippen LogP contribution is 2.27. The van der Waals surface area contributed by atoms with Gasteiger partial charge < -0.3 is 15.4 Å². The second kappa shape index (κ2) is 8.94. The molecule has 1 saturated carbocycles. The van der Waals surface area contributed by atoms with Crippen LogP contribution in [0.25, 0.3) is 0 Å². The molecule has 0 aromatic heterocycles. The molecular formula is C18H25ClN2O2. The lowest BCUT2D eigenvalue weighted by atomic mass is 9.85. The van der Waals surface area contributed by atoms with Gasteiger partial charge in [-0.3, -0.25) is 4.79 Å². The Morgan fingerprint density at radius 1 is 1.39 bits per heavy atom. The van der Waals surface area contributed by atoms with Gasteiger partial charge in [-0.25, -0.2) is 0 Å². The summed E-state index contributed by atoms with van der Waals surface area (Å²) < 4.78 is 5.47. The zero-order valence-electron chi connectivity index (χ0n) is 13.6. The van der Waals surface area contributed by atoms with Crippen LogP contribution >= 0.6 is 11.6 Å². The van der Waals surface area contributed by atoms with Gasteiger partial charge in [-0.2, -0.15) is 0 Å². The van der Waals surface area contributed by atoms with E-state index in [0.717, 1.165) is 37.8 Å². The van der Waals surface area contributed by atoms with Gasteiger partial charge in [0.15, 0.2) is 0 Å². The minimum Gasteiger partial charge on any atom is -0.488 e. The van der Waals surface area contributed by atoms with Gasteiger partial charge in [0.25, 0.3) is 0 Å². The van der Waals surface area contributed by atoms with Crippen molar-refractivity contribution in [2.75, 3.05) is 13.7 Å². The third kappa shape index (κ3) is 5.26. The van der Waals surface area contributed by atoms with Crippen molar-refractivity contribution in [2.24, 2.45) is 5.92 Å². The molecule has 1 aromatic carbocycles. The maximum Gasteiger partial charge on any atom is 0.222 e. The molecule has 0 unspecified atom stereocenters. The highest BCUT2D eigenvalue weighted by atomic mass is 35.5. The summed E-state index contributed by atoms with van der Waals surface area (Å²) in [6.45, 7) is 4.85. The summed E-state index contributed by atoms with van der Waals surface area (Å²) in [7, 11) is 1.71. The van der Waals surface area contributed by atoms with Crippen molar-refractivity contribution in [1.82, 2.24) is 10.6 Å². The first-order valence-corrected chi connectivity index (χ1v) is 8.49. The molecule has 0 aliphatic heterocycles. The molecule has 126 valence electrons. The van der Waals surface area contributed by atoms with Gasteiger partial charge in [-0.1, -0.05) is 30.3 Å². The molecule has 1 aliphatic rings. The van der Waals surface area contributed by atoms with Gasteiger partial charge in [0.05, 0.1) is 5.02 Å². The Labute approximate surface area is 143 Å². The van der Waals surface area contributed by atoms with Gasteiger partial charge >= 0.3 is 0 Å². The number of carbonyl (C=O) groups is 1. The number of amides is 1. The third-order valence-corrected chi connectivity index (χ3v) is 4.59. The van der Waals surface area contributed by atoms with Crippen molar-refractivity contribution < 1.29 is 9.53 Å². The molecule has 1 amide bonds. The molecule has 0 atom stereocenters. The normalized spacial score (nSPS) is 20.8. The summed E-state index contributed by atoms with van der Waals surface area (Å²) in [5.41, 5.74) is 1.13. The van der Waals surface area contributed by atoms with Crippen molar-refractivity contribution in [3.05, 3.63) is 41.4 Å². The van der Waals surface area contributed by atoms with E-state index in [2.05, 4.69) is 17.2 Å². The average molecular weight is 337 g/mol. The monoisotopic (exact) mass is 336 g/mol. The van der Waals surface area contributed by atoms with Crippen molar-refractivity contribution in [3.63, 3.8) is 0 Å². The van der Waals surface area contributed by atoms with Gasteiger partial charge in [-0.05, 0) is 43.4 Å². The fourth-order valence-corrected chi connectivity index (χ4v) is 3.20. The summed E-state index contributed by atoms with van der Waals surface area (Å²) >= 11 is 6.23. The fraction of sp³-hybridized carbons (Fsp3) is 0.500. The van der Waals surface area contributed by atoms with E-state index in [4.69, 9.17) is 16.3 Å². The van der Waals surface area contributed by atoms with Crippen LogP contribution in [0.5, 0.6) is 5.75 Å². The Kier molecular flexibility index (Phi) is 6.93. The predicted octanol–water partition coefficient (Wildman–Crippen LogP) is 3.30.